The van der Waals surface area contributed by atoms with Crippen LogP contribution in [0.15, 0.2) is 48.5 Å². The van der Waals surface area contributed by atoms with Crippen molar-refractivity contribution in [3.63, 3.8) is 0 Å². The summed E-state index contributed by atoms with van der Waals surface area (Å²) in [5, 5.41) is 5.62. The summed E-state index contributed by atoms with van der Waals surface area (Å²) in [6.07, 6.45) is -0.491. The first-order valence-electron chi connectivity index (χ1n) is 13.6. The number of anilines is 1. The minimum atomic E-state index is -1.16. The van der Waals surface area contributed by atoms with Crippen molar-refractivity contribution in [2.24, 2.45) is 5.73 Å². The minimum Gasteiger partial charge on any atom is -0.444 e. The highest BCUT2D eigenvalue weighted by Gasteiger charge is 2.43. The van der Waals surface area contributed by atoms with Crippen LogP contribution in [0.3, 0.4) is 0 Å². The Hall–Kier alpha value is -3.88. The maximum atomic E-state index is 14.4. The molecule has 0 aliphatic carbocycles. The number of primary amides is 1. The maximum absolute atomic E-state index is 14.4. The van der Waals surface area contributed by atoms with Crippen LogP contribution >= 0.6 is 0 Å². The summed E-state index contributed by atoms with van der Waals surface area (Å²) >= 11 is 0. The average molecular weight is 553 g/mol. The lowest BCUT2D eigenvalue weighted by molar-refractivity contribution is -0.148. The first kappa shape index (κ1) is 32.3. The van der Waals surface area contributed by atoms with Crippen LogP contribution in [0.2, 0.25) is 0 Å². The number of rotatable bonds is 11. The van der Waals surface area contributed by atoms with Gasteiger partial charge in [-0.1, -0.05) is 55.0 Å². The largest absolute Gasteiger partial charge is 0.444 e. The molecule has 9 heteroatoms. The molecule has 4 amide bonds. The Kier molecular flexibility index (Phi) is 10.9. The zero-order chi connectivity index (χ0) is 30.3. The third-order valence-electron chi connectivity index (χ3n) is 6.73. The molecule has 0 bridgehead atoms. The van der Waals surface area contributed by atoms with Gasteiger partial charge in [0.15, 0.2) is 0 Å². The van der Waals surface area contributed by atoms with Crippen LogP contribution in [0, 0.1) is 13.8 Å². The molecule has 2 rings (SSSR count). The molecule has 0 spiro atoms. The topological polar surface area (TPSA) is 131 Å². The number of carbonyl (C=O) groups is 4. The van der Waals surface area contributed by atoms with Gasteiger partial charge in [-0.2, -0.15) is 0 Å². The minimum absolute atomic E-state index is 0.0519. The number of nitrogens with two attached hydrogens (primary N) is 1. The first-order chi connectivity index (χ1) is 18.6. The Balaban J connectivity index is 2.64. The second kappa shape index (κ2) is 13.5. The summed E-state index contributed by atoms with van der Waals surface area (Å²) in [6, 6.07) is 12.6. The summed E-state index contributed by atoms with van der Waals surface area (Å²) < 4.78 is 5.40. The Morgan fingerprint density at radius 2 is 1.55 bits per heavy atom. The van der Waals surface area contributed by atoms with Crippen molar-refractivity contribution in [1.82, 2.24) is 10.2 Å². The van der Waals surface area contributed by atoms with E-state index in [-0.39, 0.29) is 12.8 Å². The number of carbonyl (C=O) groups excluding carboxylic acids is 4. The maximum Gasteiger partial charge on any atom is 0.408 e. The fourth-order valence-electron chi connectivity index (χ4n) is 4.19. The third-order valence-corrected chi connectivity index (χ3v) is 6.73. The molecule has 2 unspecified atom stereocenters. The molecule has 0 saturated heterocycles. The van der Waals surface area contributed by atoms with Crippen LogP contribution in [-0.2, 0) is 19.1 Å². The fourth-order valence-corrected chi connectivity index (χ4v) is 4.19. The van der Waals surface area contributed by atoms with Gasteiger partial charge in [-0.05, 0) is 78.5 Å². The number of para-hydroxylation sites is 1. The van der Waals surface area contributed by atoms with Gasteiger partial charge >= 0.3 is 6.09 Å². The number of hydrogen-bond donors (Lipinski definition) is 3. The van der Waals surface area contributed by atoms with Gasteiger partial charge in [-0.25, -0.2) is 4.79 Å². The van der Waals surface area contributed by atoms with Crippen LogP contribution in [0.4, 0.5) is 10.5 Å². The second-order valence-electron chi connectivity index (χ2n) is 11.7. The van der Waals surface area contributed by atoms with Gasteiger partial charge in [-0.15, -0.1) is 0 Å². The van der Waals surface area contributed by atoms with Gasteiger partial charge in [0, 0.05) is 17.6 Å². The number of nitrogens with zero attached hydrogens (tertiary/aromatic N) is 1. The van der Waals surface area contributed by atoms with Crippen LogP contribution < -0.4 is 16.4 Å². The normalized spacial score (nSPS) is 13.1. The van der Waals surface area contributed by atoms with Crippen LogP contribution in [0.25, 0.3) is 0 Å². The highest BCUT2D eigenvalue weighted by molar-refractivity contribution is 5.99. The van der Waals surface area contributed by atoms with Gasteiger partial charge in [0.05, 0.1) is 0 Å². The predicted molar refractivity (Wildman–Crippen MR) is 157 cm³/mol. The van der Waals surface area contributed by atoms with Crippen molar-refractivity contribution in [3.8, 4) is 0 Å². The molecule has 0 aliphatic heterocycles. The van der Waals surface area contributed by atoms with Crippen molar-refractivity contribution in [3.05, 3.63) is 65.2 Å². The van der Waals surface area contributed by atoms with E-state index in [9.17, 15) is 19.2 Å². The third kappa shape index (κ3) is 9.10. The first-order valence-corrected chi connectivity index (χ1v) is 13.6. The molecule has 2 aromatic rings. The summed E-state index contributed by atoms with van der Waals surface area (Å²) in [4.78, 5) is 54.4. The van der Waals surface area contributed by atoms with E-state index in [1.165, 1.54) is 4.90 Å². The van der Waals surface area contributed by atoms with E-state index in [1.807, 2.05) is 77.1 Å². The lowest BCUT2D eigenvalue weighted by atomic mass is 9.91. The molecule has 2 aromatic carbocycles. The summed E-state index contributed by atoms with van der Waals surface area (Å²) in [7, 11) is 0. The predicted octanol–water partition coefficient (Wildman–Crippen LogP) is 5.16. The lowest BCUT2D eigenvalue weighted by Gasteiger charge is -2.44. The monoisotopic (exact) mass is 552 g/mol. The molecule has 40 heavy (non-hydrogen) atoms. The van der Waals surface area contributed by atoms with Crippen molar-refractivity contribution in [2.75, 3.05) is 5.32 Å². The van der Waals surface area contributed by atoms with Gasteiger partial charge in [-0.3, -0.25) is 14.4 Å². The average Bonchev–Trinajstić information content (AvgIpc) is 2.85. The number of aryl methyl sites for hydroxylation is 2. The number of alkyl carbamates (subject to hydrolysis) is 1. The number of amides is 4. The van der Waals surface area contributed by atoms with Crippen molar-refractivity contribution in [1.29, 1.82) is 0 Å². The van der Waals surface area contributed by atoms with E-state index in [0.29, 0.717) is 17.7 Å². The second-order valence-corrected chi connectivity index (χ2v) is 11.7. The van der Waals surface area contributed by atoms with E-state index < -0.39 is 47.0 Å². The molecule has 2 atom stereocenters. The number of ether oxygens (including phenoxy) is 1. The number of benzene rings is 2. The molecule has 9 nitrogen and oxygen atoms in total. The molecular weight excluding hydrogens is 508 g/mol. The Morgan fingerprint density at radius 3 is 2.08 bits per heavy atom. The van der Waals surface area contributed by atoms with Crippen LogP contribution in [0.1, 0.15) is 83.5 Å². The molecule has 4 N–H and O–H groups in total. The molecule has 0 heterocycles. The van der Waals surface area contributed by atoms with Crippen LogP contribution in [-0.4, -0.2) is 45.9 Å². The molecule has 0 saturated carbocycles. The summed E-state index contributed by atoms with van der Waals surface area (Å²) in [5.41, 5.74) is 6.89. The zero-order valence-electron chi connectivity index (χ0n) is 25.0. The van der Waals surface area contributed by atoms with Crippen molar-refractivity contribution < 1.29 is 23.9 Å². The van der Waals surface area contributed by atoms with Gasteiger partial charge in [0.1, 0.15) is 17.7 Å². The summed E-state index contributed by atoms with van der Waals surface area (Å²) in [6.45, 7) is 14.6. The highest BCUT2D eigenvalue weighted by Crippen LogP contribution is 2.34. The molecule has 0 aromatic heterocycles. The van der Waals surface area contributed by atoms with Crippen molar-refractivity contribution in [2.45, 2.75) is 97.9 Å². The smallest absolute Gasteiger partial charge is 0.408 e. The van der Waals surface area contributed by atoms with E-state index >= 15 is 0 Å². The van der Waals surface area contributed by atoms with Crippen LogP contribution in [0.5, 0.6) is 0 Å². The number of hydrogen-bond acceptors (Lipinski definition) is 5. The highest BCUT2D eigenvalue weighted by atomic mass is 16.6. The van der Waals surface area contributed by atoms with E-state index in [0.717, 1.165) is 11.1 Å². The van der Waals surface area contributed by atoms with Gasteiger partial charge in [0.2, 0.25) is 11.8 Å². The zero-order valence-corrected chi connectivity index (χ0v) is 25.0. The standard InChI is InChI=1S/C31H44N4O5/c1-9-31(7,8)35(28(38)24(18-19-25(32)36)34-29(39)40-30(4,5)6)26(22-16-14-20(2)15-17-22)27(37)33-23-13-11-10-12-21(23)3/h10-17,24,26H,9,18-19H2,1-8H3,(H2,32,36)(H,33,37)(H,34,39). The van der Waals surface area contributed by atoms with Crippen molar-refractivity contribution >= 4 is 29.5 Å². The molecule has 0 aliphatic rings. The Labute approximate surface area is 237 Å². The SMILES string of the molecule is CCC(C)(C)N(C(=O)C(CCC(N)=O)NC(=O)OC(C)(C)C)C(C(=O)Nc1ccccc1C)c1ccc(C)cc1. The lowest BCUT2D eigenvalue weighted by Crippen LogP contribution is -2.59. The summed E-state index contributed by atoms with van der Waals surface area (Å²) in [5.74, 6) is -1.54. The van der Waals surface area contributed by atoms with E-state index in [2.05, 4.69) is 10.6 Å². The fraction of sp³-hybridized carbons (Fsp3) is 0.484. The van der Waals surface area contributed by atoms with E-state index in [4.69, 9.17) is 10.5 Å². The molecule has 0 radical (unpaired) electrons. The Morgan fingerprint density at radius 1 is 0.950 bits per heavy atom. The molecule has 0 fully saturated rings. The Bertz CT molecular complexity index is 1200. The molecule has 218 valence electrons. The van der Waals surface area contributed by atoms with Gasteiger partial charge < -0.3 is 26.0 Å². The molecular formula is C31H44N4O5. The quantitative estimate of drug-likeness (QED) is 0.354. The van der Waals surface area contributed by atoms with E-state index in [1.54, 1.807) is 26.8 Å². The van der Waals surface area contributed by atoms with Gasteiger partial charge in [0.25, 0.3) is 5.91 Å². The number of nitrogens with one attached hydrogen (secondary N) is 2.